The average Bonchev–Trinajstić information content (AvgIpc) is 3.33. The van der Waals surface area contributed by atoms with Crippen molar-refractivity contribution >= 4 is 28.8 Å². The predicted octanol–water partition coefficient (Wildman–Crippen LogP) is 4.01. The fraction of sp³-hybridized carbons (Fsp3) is 0.263. The summed E-state index contributed by atoms with van der Waals surface area (Å²) in [5.41, 5.74) is 1.56. The standard InChI is InChI=1S/C19H18ClN3O2S/c20-15-4-1-3-14(11-15)13-22-6-8-23(9-7-22)19(24)16-12-17(25-21-16)18-5-2-10-26-18/h1-5,10-12H,6-9,13H2. The maximum Gasteiger partial charge on any atom is 0.276 e. The molecule has 3 aromatic rings. The van der Waals surface area contributed by atoms with E-state index >= 15 is 0 Å². The molecule has 2 aromatic heterocycles. The molecule has 134 valence electrons. The van der Waals surface area contributed by atoms with Crippen molar-refractivity contribution in [2.45, 2.75) is 6.54 Å². The number of hydrogen-bond donors (Lipinski definition) is 0. The molecule has 4 rings (SSSR count). The quantitative estimate of drug-likeness (QED) is 0.678. The number of nitrogens with zero attached hydrogens (tertiary/aromatic N) is 3. The van der Waals surface area contributed by atoms with Gasteiger partial charge in [-0.25, -0.2) is 0 Å². The lowest BCUT2D eigenvalue weighted by atomic mass is 10.2. The third kappa shape index (κ3) is 3.82. The largest absolute Gasteiger partial charge is 0.355 e. The molecule has 7 heteroatoms. The van der Waals surface area contributed by atoms with Gasteiger partial charge in [-0.3, -0.25) is 9.69 Å². The van der Waals surface area contributed by atoms with Crippen molar-refractivity contribution in [3.05, 3.63) is 64.1 Å². The lowest BCUT2D eigenvalue weighted by molar-refractivity contribution is 0.0618. The lowest BCUT2D eigenvalue weighted by Crippen LogP contribution is -2.48. The molecule has 5 nitrogen and oxygen atoms in total. The molecular weight excluding hydrogens is 370 g/mol. The zero-order valence-electron chi connectivity index (χ0n) is 14.1. The molecule has 3 heterocycles. The third-order valence-electron chi connectivity index (χ3n) is 4.45. The highest BCUT2D eigenvalue weighted by Crippen LogP contribution is 2.25. The molecule has 0 atom stereocenters. The molecule has 0 unspecified atom stereocenters. The number of thiophene rings is 1. The van der Waals surface area contributed by atoms with E-state index in [0.29, 0.717) is 24.5 Å². The van der Waals surface area contributed by atoms with Crippen molar-refractivity contribution in [2.24, 2.45) is 0 Å². The number of benzene rings is 1. The van der Waals surface area contributed by atoms with E-state index in [1.165, 1.54) is 5.56 Å². The van der Waals surface area contributed by atoms with E-state index in [1.807, 2.05) is 40.6 Å². The van der Waals surface area contributed by atoms with Crippen LogP contribution in [0.3, 0.4) is 0 Å². The van der Waals surface area contributed by atoms with E-state index in [1.54, 1.807) is 17.4 Å². The predicted molar refractivity (Wildman–Crippen MR) is 102 cm³/mol. The van der Waals surface area contributed by atoms with Crippen LogP contribution in [0.15, 0.2) is 52.4 Å². The van der Waals surface area contributed by atoms with Gasteiger partial charge < -0.3 is 9.42 Å². The van der Waals surface area contributed by atoms with E-state index in [4.69, 9.17) is 16.1 Å². The molecule has 0 spiro atoms. The molecule has 0 aliphatic carbocycles. The first-order valence-electron chi connectivity index (χ1n) is 8.46. The van der Waals surface area contributed by atoms with Gasteiger partial charge in [0.05, 0.1) is 4.88 Å². The molecule has 26 heavy (non-hydrogen) atoms. The van der Waals surface area contributed by atoms with Crippen molar-refractivity contribution in [2.75, 3.05) is 26.2 Å². The Balaban J connectivity index is 1.35. The number of piperazine rings is 1. The van der Waals surface area contributed by atoms with Gasteiger partial charge in [0.15, 0.2) is 11.5 Å². The van der Waals surface area contributed by atoms with Crippen molar-refractivity contribution in [1.82, 2.24) is 15.0 Å². The Morgan fingerprint density at radius 2 is 2.00 bits per heavy atom. The van der Waals surface area contributed by atoms with Gasteiger partial charge >= 0.3 is 0 Å². The van der Waals surface area contributed by atoms with Crippen LogP contribution in [0.5, 0.6) is 0 Å². The summed E-state index contributed by atoms with van der Waals surface area (Å²) in [4.78, 5) is 17.8. The van der Waals surface area contributed by atoms with Crippen LogP contribution in [0, 0.1) is 0 Å². The Bertz CT molecular complexity index is 886. The van der Waals surface area contributed by atoms with Crippen LogP contribution in [-0.2, 0) is 6.54 Å². The van der Waals surface area contributed by atoms with Gasteiger partial charge in [-0.15, -0.1) is 11.3 Å². The molecule has 1 aliphatic heterocycles. The molecule has 1 saturated heterocycles. The summed E-state index contributed by atoms with van der Waals surface area (Å²) in [5, 5.41) is 6.68. The van der Waals surface area contributed by atoms with E-state index in [-0.39, 0.29) is 5.91 Å². The molecule has 0 saturated carbocycles. The second-order valence-electron chi connectivity index (χ2n) is 6.25. The van der Waals surface area contributed by atoms with Gasteiger partial charge in [0.1, 0.15) is 0 Å². The third-order valence-corrected chi connectivity index (χ3v) is 5.57. The SMILES string of the molecule is O=C(c1cc(-c2cccs2)on1)N1CCN(Cc2cccc(Cl)c2)CC1. The van der Waals surface area contributed by atoms with Crippen LogP contribution in [0.1, 0.15) is 16.1 Å². The summed E-state index contributed by atoms with van der Waals surface area (Å²) in [6.07, 6.45) is 0. The number of halogens is 1. The Morgan fingerprint density at radius 3 is 2.73 bits per heavy atom. The minimum absolute atomic E-state index is 0.0704. The van der Waals surface area contributed by atoms with Crippen LogP contribution in [0.2, 0.25) is 5.02 Å². The molecule has 1 aliphatic rings. The maximum absolute atomic E-state index is 12.7. The Hall–Kier alpha value is -2.15. The van der Waals surface area contributed by atoms with Crippen molar-refractivity contribution in [3.63, 3.8) is 0 Å². The molecule has 0 bridgehead atoms. The number of aromatic nitrogens is 1. The zero-order chi connectivity index (χ0) is 17.9. The summed E-state index contributed by atoms with van der Waals surface area (Å²) in [6.45, 7) is 3.86. The first-order chi connectivity index (χ1) is 12.7. The normalized spacial score (nSPS) is 15.3. The fourth-order valence-electron chi connectivity index (χ4n) is 3.08. The van der Waals surface area contributed by atoms with Gasteiger partial charge in [-0.05, 0) is 29.1 Å². The van der Waals surface area contributed by atoms with Crippen molar-refractivity contribution in [1.29, 1.82) is 0 Å². The van der Waals surface area contributed by atoms with Crippen LogP contribution in [-0.4, -0.2) is 47.0 Å². The average molecular weight is 388 g/mol. The minimum Gasteiger partial charge on any atom is -0.355 e. The summed E-state index contributed by atoms with van der Waals surface area (Å²) < 4.78 is 5.32. The van der Waals surface area contributed by atoms with Crippen LogP contribution in [0.25, 0.3) is 10.6 Å². The number of carbonyl (C=O) groups excluding carboxylic acids is 1. The molecule has 0 N–H and O–H groups in total. The van der Waals surface area contributed by atoms with Crippen LogP contribution < -0.4 is 0 Å². The zero-order valence-corrected chi connectivity index (χ0v) is 15.7. The molecule has 0 radical (unpaired) electrons. The molecule has 1 aromatic carbocycles. The highest BCUT2D eigenvalue weighted by molar-refractivity contribution is 7.13. The highest BCUT2D eigenvalue weighted by Gasteiger charge is 2.25. The van der Waals surface area contributed by atoms with Gasteiger partial charge in [-0.1, -0.05) is 35.0 Å². The van der Waals surface area contributed by atoms with Gasteiger partial charge in [-0.2, -0.15) is 0 Å². The minimum atomic E-state index is -0.0704. The summed E-state index contributed by atoms with van der Waals surface area (Å²) >= 11 is 7.61. The van der Waals surface area contributed by atoms with Crippen LogP contribution in [0.4, 0.5) is 0 Å². The Kier molecular flexibility index (Phi) is 5.06. The first kappa shape index (κ1) is 17.3. The van der Waals surface area contributed by atoms with Gasteiger partial charge in [0.2, 0.25) is 0 Å². The summed E-state index contributed by atoms with van der Waals surface area (Å²) in [7, 11) is 0. The summed E-state index contributed by atoms with van der Waals surface area (Å²) in [5.74, 6) is 0.571. The van der Waals surface area contributed by atoms with Crippen LogP contribution >= 0.6 is 22.9 Å². The van der Waals surface area contributed by atoms with Gasteiger partial charge in [0, 0.05) is 43.8 Å². The fourth-order valence-corrected chi connectivity index (χ4v) is 3.96. The maximum atomic E-state index is 12.7. The lowest BCUT2D eigenvalue weighted by Gasteiger charge is -2.34. The van der Waals surface area contributed by atoms with Crippen molar-refractivity contribution in [3.8, 4) is 10.6 Å². The number of amides is 1. The Morgan fingerprint density at radius 1 is 1.15 bits per heavy atom. The van der Waals surface area contributed by atoms with E-state index in [9.17, 15) is 4.79 Å². The molecule has 1 amide bonds. The second kappa shape index (κ2) is 7.61. The number of hydrogen-bond acceptors (Lipinski definition) is 5. The summed E-state index contributed by atoms with van der Waals surface area (Å²) in [6, 6.07) is 13.5. The number of carbonyl (C=O) groups is 1. The highest BCUT2D eigenvalue weighted by atomic mass is 35.5. The first-order valence-corrected chi connectivity index (χ1v) is 9.71. The number of rotatable bonds is 4. The molecular formula is C19H18ClN3O2S. The topological polar surface area (TPSA) is 49.6 Å². The van der Waals surface area contributed by atoms with Gasteiger partial charge in [0.25, 0.3) is 5.91 Å². The Labute approximate surface area is 160 Å². The second-order valence-corrected chi connectivity index (χ2v) is 7.64. The smallest absolute Gasteiger partial charge is 0.276 e. The van der Waals surface area contributed by atoms with E-state index in [2.05, 4.69) is 16.1 Å². The van der Waals surface area contributed by atoms with E-state index in [0.717, 1.165) is 29.5 Å². The van der Waals surface area contributed by atoms with Crippen molar-refractivity contribution < 1.29 is 9.32 Å². The molecule has 1 fully saturated rings. The van der Waals surface area contributed by atoms with E-state index < -0.39 is 0 Å². The monoisotopic (exact) mass is 387 g/mol.